The fourth-order valence-corrected chi connectivity index (χ4v) is 2.30. The van der Waals surface area contributed by atoms with E-state index in [9.17, 15) is 26.4 Å². The predicted octanol–water partition coefficient (Wildman–Crippen LogP) is 2.49. The van der Waals surface area contributed by atoms with Gasteiger partial charge in [0.1, 0.15) is 5.76 Å². The van der Waals surface area contributed by atoms with Gasteiger partial charge in [0.05, 0.1) is 6.61 Å². The highest BCUT2D eigenvalue weighted by Gasteiger charge is 2.48. The molecule has 0 N–H and O–H groups in total. The zero-order valence-electron chi connectivity index (χ0n) is 10.8. The Balaban J connectivity index is 2.55. The van der Waals surface area contributed by atoms with Gasteiger partial charge in [0.2, 0.25) is 0 Å². The molecule has 0 bridgehead atoms. The van der Waals surface area contributed by atoms with E-state index in [2.05, 4.69) is 4.18 Å². The molecular formula is C11H15F3O5S. The average molecular weight is 316 g/mol. The second kappa shape index (κ2) is 6.47. The summed E-state index contributed by atoms with van der Waals surface area (Å²) in [5.74, 6) is -0.685. The third-order valence-corrected chi connectivity index (χ3v) is 3.74. The Morgan fingerprint density at radius 2 is 2.10 bits per heavy atom. The summed E-state index contributed by atoms with van der Waals surface area (Å²) in [5, 5.41) is 0. The number of carbonyl (C=O) groups excluding carboxylic acids is 1. The molecule has 0 spiro atoms. The molecule has 0 aliphatic heterocycles. The summed E-state index contributed by atoms with van der Waals surface area (Å²) in [6, 6.07) is 0. The lowest BCUT2D eigenvalue weighted by atomic mass is 9.91. The number of allylic oxidation sites excluding steroid dienone is 2. The van der Waals surface area contributed by atoms with Crippen LogP contribution in [0.2, 0.25) is 0 Å². The van der Waals surface area contributed by atoms with Crippen LogP contribution in [-0.4, -0.2) is 26.5 Å². The summed E-state index contributed by atoms with van der Waals surface area (Å²) in [4.78, 5) is 11.2. The van der Waals surface area contributed by atoms with Crippen LogP contribution in [0.4, 0.5) is 13.2 Å². The monoisotopic (exact) mass is 316 g/mol. The molecule has 1 aliphatic carbocycles. The van der Waals surface area contributed by atoms with Gasteiger partial charge in [-0.1, -0.05) is 0 Å². The Hall–Kier alpha value is -1.25. The topological polar surface area (TPSA) is 69.7 Å². The molecule has 20 heavy (non-hydrogen) atoms. The molecule has 1 aliphatic rings. The number of esters is 1. The van der Waals surface area contributed by atoms with Gasteiger partial charge in [-0.05, 0) is 31.8 Å². The van der Waals surface area contributed by atoms with Gasteiger partial charge in [-0.2, -0.15) is 21.6 Å². The number of hydrogen-bond donors (Lipinski definition) is 0. The van der Waals surface area contributed by atoms with Crippen molar-refractivity contribution in [3.05, 3.63) is 11.8 Å². The summed E-state index contributed by atoms with van der Waals surface area (Å²) in [6.45, 7) is 1.94. The second-order valence-electron chi connectivity index (χ2n) is 4.30. The van der Waals surface area contributed by atoms with Gasteiger partial charge in [-0.15, -0.1) is 0 Å². The molecule has 0 aromatic heterocycles. The molecule has 116 valence electrons. The third kappa shape index (κ3) is 4.69. The third-order valence-electron chi connectivity index (χ3n) is 2.74. The first-order valence-electron chi connectivity index (χ1n) is 6.01. The summed E-state index contributed by atoms with van der Waals surface area (Å²) in [6.07, 6.45) is 2.12. The van der Waals surface area contributed by atoms with Gasteiger partial charge >= 0.3 is 21.6 Å². The largest absolute Gasteiger partial charge is 0.534 e. The molecule has 0 unspecified atom stereocenters. The zero-order valence-corrected chi connectivity index (χ0v) is 11.6. The minimum atomic E-state index is -5.61. The molecule has 0 aromatic carbocycles. The van der Waals surface area contributed by atoms with E-state index < -0.39 is 15.6 Å². The zero-order chi connectivity index (χ0) is 15.4. The number of rotatable bonds is 5. The molecule has 9 heteroatoms. The number of halogens is 3. The molecule has 0 radical (unpaired) electrons. The first-order chi connectivity index (χ1) is 9.15. The Labute approximate surface area is 114 Å². The summed E-state index contributed by atoms with van der Waals surface area (Å²) in [5.41, 5.74) is -5.43. The van der Waals surface area contributed by atoms with E-state index in [-0.39, 0.29) is 43.5 Å². The lowest BCUT2D eigenvalue weighted by molar-refractivity contribution is -0.144. The van der Waals surface area contributed by atoms with E-state index in [1.54, 1.807) is 6.92 Å². The van der Waals surface area contributed by atoms with Crippen molar-refractivity contribution >= 4 is 16.1 Å². The molecule has 5 nitrogen and oxygen atoms in total. The van der Waals surface area contributed by atoms with Crippen LogP contribution in [0, 0.1) is 5.92 Å². The van der Waals surface area contributed by atoms with Crippen LogP contribution in [0.5, 0.6) is 0 Å². The Bertz CT molecular complexity index is 481. The van der Waals surface area contributed by atoms with Gasteiger partial charge in [0.25, 0.3) is 0 Å². The van der Waals surface area contributed by atoms with Gasteiger partial charge in [-0.25, -0.2) is 0 Å². The van der Waals surface area contributed by atoms with E-state index in [1.807, 2.05) is 0 Å². The van der Waals surface area contributed by atoms with Crippen LogP contribution in [0.15, 0.2) is 11.8 Å². The van der Waals surface area contributed by atoms with Crippen molar-refractivity contribution < 1.29 is 35.3 Å². The van der Waals surface area contributed by atoms with Crippen molar-refractivity contribution in [2.24, 2.45) is 5.92 Å². The highest BCUT2D eigenvalue weighted by Crippen LogP contribution is 2.32. The first-order valence-corrected chi connectivity index (χ1v) is 7.42. The maximum absolute atomic E-state index is 12.1. The lowest BCUT2D eigenvalue weighted by Crippen LogP contribution is -2.26. The minimum absolute atomic E-state index is 0.0411. The number of alkyl halides is 3. The molecule has 0 saturated heterocycles. The van der Waals surface area contributed by atoms with Gasteiger partial charge in [0.15, 0.2) is 0 Å². The molecule has 0 amide bonds. The van der Waals surface area contributed by atoms with Gasteiger partial charge < -0.3 is 8.92 Å². The summed E-state index contributed by atoms with van der Waals surface area (Å²) < 4.78 is 66.8. The Morgan fingerprint density at radius 1 is 1.45 bits per heavy atom. The quantitative estimate of drug-likeness (QED) is 0.443. The van der Waals surface area contributed by atoms with Crippen LogP contribution in [0.1, 0.15) is 32.6 Å². The summed E-state index contributed by atoms with van der Waals surface area (Å²) in [7, 11) is -5.61. The molecule has 1 atom stereocenters. The minimum Gasteiger partial charge on any atom is -0.466 e. The molecule has 0 heterocycles. The van der Waals surface area contributed by atoms with Crippen molar-refractivity contribution in [1.29, 1.82) is 0 Å². The molecular weight excluding hydrogens is 301 g/mol. The maximum atomic E-state index is 12.1. The smallest absolute Gasteiger partial charge is 0.466 e. The van der Waals surface area contributed by atoms with E-state index in [4.69, 9.17) is 4.74 Å². The van der Waals surface area contributed by atoms with E-state index in [0.29, 0.717) is 6.42 Å². The van der Waals surface area contributed by atoms with Crippen LogP contribution in [0.25, 0.3) is 0 Å². The van der Waals surface area contributed by atoms with E-state index >= 15 is 0 Å². The Kier molecular flexibility index (Phi) is 5.43. The predicted molar refractivity (Wildman–Crippen MR) is 62.7 cm³/mol. The van der Waals surface area contributed by atoms with Crippen molar-refractivity contribution in [2.75, 3.05) is 6.61 Å². The highest BCUT2D eigenvalue weighted by atomic mass is 32.2. The molecule has 0 saturated carbocycles. The molecule has 1 rings (SSSR count). The first kappa shape index (κ1) is 16.8. The molecule has 0 aromatic rings. The van der Waals surface area contributed by atoms with Crippen LogP contribution in [0.3, 0.4) is 0 Å². The second-order valence-corrected chi connectivity index (χ2v) is 5.84. The standard InChI is InChI=1S/C11H15F3O5S/c1-2-18-10(15)7-8-3-5-9(6-4-8)19-20(16,17)11(12,13)14/h5,8H,2-4,6-7H2,1H3/t8-/m0/s1. The molecule has 0 fully saturated rings. The summed E-state index contributed by atoms with van der Waals surface area (Å²) >= 11 is 0. The SMILES string of the molecule is CCOC(=O)C[C@H]1CC=C(OS(=O)(=O)C(F)(F)F)CC1. The van der Waals surface area contributed by atoms with Crippen LogP contribution < -0.4 is 0 Å². The maximum Gasteiger partial charge on any atom is 0.534 e. The number of ether oxygens (including phenoxy) is 1. The number of carbonyl (C=O) groups is 1. The normalized spacial score (nSPS) is 20.2. The number of hydrogen-bond acceptors (Lipinski definition) is 5. The van der Waals surface area contributed by atoms with Crippen molar-refractivity contribution in [3.63, 3.8) is 0 Å². The van der Waals surface area contributed by atoms with Gasteiger partial charge in [0, 0.05) is 12.8 Å². The van der Waals surface area contributed by atoms with Crippen LogP contribution in [-0.2, 0) is 23.8 Å². The lowest BCUT2D eigenvalue weighted by Gasteiger charge is -2.21. The van der Waals surface area contributed by atoms with E-state index in [1.165, 1.54) is 6.08 Å². The fraction of sp³-hybridized carbons (Fsp3) is 0.727. The van der Waals surface area contributed by atoms with E-state index in [0.717, 1.165) is 0 Å². The average Bonchev–Trinajstić information content (AvgIpc) is 2.30. The van der Waals surface area contributed by atoms with Gasteiger partial charge in [-0.3, -0.25) is 4.79 Å². The fourth-order valence-electron chi connectivity index (χ4n) is 1.77. The van der Waals surface area contributed by atoms with Crippen molar-refractivity contribution in [2.45, 2.75) is 38.1 Å². The van der Waals surface area contributed by atoms with Crippen molar-refractivity contribution in [1.82, 2.24) is 0 Å². The highest BCUT2D eigenvalue weighted by molar-refractivity contribution is 7.87. The Morgan fingerprint density at radius 3 is 2.55 bits per heavy atom. The van der Waals surface area contributed by atoms with Crippen molar-refractivity contribution in [3.8, 4) is 0 Å². The van der Waals surface area contributed by atoms with Crippen LogP contribution >= 0.6 is 0 Å².